The number of hydrogen-bond acceptors (Lipinski definition) is 3. The summed E-state index contributed by atoms with van der Waals surface area (Å²) in [7, 11) is 1.64. The number of rotatable bonds is 8. The molecule has 0 aliphatic carbocycles. The van der Waals surface area contributed by atoms with Crippen molar-refractivity contribution in [1.82, 2.24) is 9.80 Å². The predicted octanol–water partition coefficient (Wildman–Crippen LogP) is 3.21. The van der Waals surface area contributed by atoms with Gasteiger partial charge in [0.15, 0.2) is 0 Å². The van der Waals surface area contributed by atoms with Crippen LogP contribution in [0.2, 0.25) is 0 Å². The van der Waals surface area contributed by atoms with Crippen LogP contribution in [0.1, 0.15) is 29.8 Å². The summed E-state index contributed by atoms with van der Waals surface area (Å²) in [5.41, 5.74) is 1.57. The molecular weight excluding hydrogens is 328 g/mol. The molecule has 0 aliphatic heterocycles. The second-order valence-corrected chi connectivity index (χ2v) is 6.03. The van der Waals surface area contributed by atoms with E-state index in [1.807, 2.05) is 50.2 Å². The van der Waals surface area contributed by atoms with Gasteiger partial charge in [-0.15, -0.1) is 0 Å². The first-order valence-electron chi connectivity index (χ1n) is 8.85. The summed E-state index contributed by atoms with van der Waals surface area (Å²) < 4.78 is 5.77. The van der Waals surface area contributed by atoms with Crippen molar-refractivity contribution in [1.29, 1.82) is 0 Å². The van der Waals surface area contributed by atoms with E-state index < -0.39 is 0 Å². The first kappa shape index (κ1) is 19.5. The Kier molecular flexibility index (Phi) is 7.21. The third-order valence-electron chi connectivity index (χ3n) is 4.16. The van der Waals surface area contributed by atoms with E-state index in [1.54, 1.807) is 30.1 Å². The maximum atomic E-state index is 12.6. The molecule has 0 bridgehead atoms. The zero-order valence-electron chi connectivity index (χ0n) is 15.6. The van der Waals surface area contributed by atoms with Gasteiger partial charge in [0.1, 0.15) is 12.4 Å². The molecule has 0 N–H and O–H groups in total. The van der Waals surface area contributed by atoms with Crippen LogP contribution in [0.15, 0.2) is 54.6 Å². The molecule has 138 valence electrons. The van der Waals surface area contributed by atoms with Crippen LogP contribution in [-0.2, 0) is 11.4 Å². The van der Waals surface area contributed by atoms with Gasteiger partial charge in [0.05, 0.1) is 6.54 Å². The maximum absolute atomic E-state index is 12.6. The van der Waals surface area contributed by atoms with Gasteiger partial charge in [-0.2, -0.15) is 0 Å². The summed E-state index contributed by atoms with van der Waals surface area (Å²) in [5, 5.41) is 0. The van der Waals surface area contributed by atoms with Gasteiger partial charge >= 0.3 is 0 Å². The van der Waals surface area contributed by atoms with Crippen LogP contribution in [-0.4, -0.2) is 48.3 Å². The molecule has 5 heteroatoms. The summed E-state index contributed by atoms with van der Waals surface area (Å²) in [4.78, 5) is 27.9. The van der Waals surface area contributed by atoms with Gasteiger partial charge in [0, 0.05) is 25.7 Å². The van der Waals surface area contributed by atoms with Crippen LogP contribution in [0.5, 0.6) is 5.75 Å². The Morgan fingerprint density at radius 2 is 1.65 bits per heavy atom. The SMILES string of the molecule is CCN(CC)C(=O)CN(C)C(=O)c1cccc(OCc2ccccc2)c1. The second-order valence-electron chi connectivity index (χ2n) is 6.03. The molecule has 0 radical (unpaired) electrons. The zero-order valence-corrected chi connectivity index (χ0v) is 15.6. The molecule has 0 aliphatic rings. The average molecular weight is 354 g/mol. The van der Waals surface area contributed by atoms with Crippen molar-refractivity contribution in [3.8, 4) is 5.75 Å². The van der Waals surface area contributed by atoms with Crippen molar-refractivity contribution in [2.45, 2.75) is 20.5 Å². The average Bonchev–Trinajstić information content (AvgIpc) is 2.67. The summed E-state index contributed by atoms with van der Waals surface area (Å²) in [5.74, 6) is 0.376. The smallest absolute Gasteiger partial charge is 0.254 e. The van der Waals surface area contributed by atoms with E-state index in [4.69, 9.17) is 4.74 Å². The van der Waals surface area contributed by atoms with E-state index in [2.05, 4.69) is 0 Å². The Labute approximate surface area is 155 Å². The number of carbonyl (C=O) groups is 2. The molecule has 2 amide bonds. The van der Waals surface area contributed by atoms with E-state index in [0.29, 0.717) is 31.0 Å². The molecule has 0 unspecified atom stereocenters. The summed E-state index contributed by atoms with van der Waals surface area (Å²) in [6.45, 7) is 5.64. The maximum Gasteiger partial charge on any atom is 0.254 e. The third kappa shape index (κ3) is 5.34. The number of carbonyl (C=O) groups excluding carboxylic acids is 2. The highest BCUT2D eigenvalue weighted by molar-refractivity contribution is 5.96. The summed E-state index contributed by atoms with van der Waals surface area (Å²) in [6, 6.07) is 16.9. The molecule has 0 fully saturated rings. The molecule has 0 aromatic heterocycles. The van der Waals surface area contributed by atoms with E-state index in [1.165, 1.54) is 4.90 Å². The fourth-order valence-electron chi connectivity index (χ4n) is 2.63. The highest BCUT2D eigenvalue weighted by atomic mass is 16.5. The van der Waals surface area contributed by atoms with Crippen LogP contribution < -0.4 is 4.74 Å². The molecule has 0 atom stereocenters. The lowest BCUT2D eigenvalue weighted by Crippen LogP contribution is -2.41. The standard InChI is InChI=1S/C21H26N2O3/c1-4-23(5-2)20(24)15-22(3)21(25)18-12-9-13-19(14-18)26-16-17-10-7-6-8-11-17/h6-14H,4-5,15-16H2,1-3H3. The first-order chi connectivity index (χ1) is 12.5. The van der Waals surface area contributed by atoms with E-state index >= 15 is 0 Å². The fraction of sp³-hybridized carbons (Fsp3) is 0.333. The molecule has 26 heavy (non-hydrogen) atoms. The molecule has 0 heterocycles. The quantitative estimate of drug-likeness (QED) is 0.731. The van der Waals surface area contributed by atoms with Crippen LogP contribution in [0, 0.1) is 0 Å². The zero-order chi connectivity index (χ0) is 18.9. The molecular formula is C21H26N2O3. The minimum Gasteiger partial charge on any atom is -0.489 e. The van der Waals surface area contributed by atoms with Gasteiger partial charge in [0.2, 0.25) is 5.91 Å². The van der Waals surface area contributed by atoms with Crippen LogP contribution in [0.25, 0.3) is 0 Å². The number of amides is 2. The number of hydrogen-bond donors (Lipinski definition) is 0. The van der Waals surface area contributed by atoms with Crippen molar-refractivity contribution in [2.24, 2.45) is 0 Å². The second kappa shape index (κ2) is 9.61. The van der Waals surface area contributed by atoms with Crippen molar-refractivity contribution in [2.75, 3.05) is 26.7 Å². The van der Waals surface area contributed by atoms with Crippen molar-refractivity contribution in [3.63, 3.8) is 0 Å². The van der Waals surface area contributed by atoms with E-state index in [9.17, 15) is 9.59 Å². The summed E-state index contributed by atoms with van der Waals surface area (Å²) in [6.07, 6.45) is 0. The molecule has 5 nitrogen and oxygen atoms in total. The Morgan fingerprint density at radius 3 is 2.31 bits per heavy atom. The number of nitrogens with zero attached hydrogens (tertiary/aromatic N) is 2. The third-order valence-corrected chi connectivity index (χ3v) is 4.16. The number of likely N-dealkylation sites (N-methyl/N-ethyl adjacent to an activating group) is 2. The Morgan fingerprint density at radius 1 is 0.962 bits per heavy atom. The molecule has 0 saturated heterocycles. The lowest BCUT2D eigenvalue weighted by Gasteiger charge is -2.23. The summed E-state index contributed by atoms with van der Waals surface area (Å²) >= 11 is 0. The highest BCUT2D eigenvalue weighted by Gasteiger charge is 2.18. The first-order valence-corrected chi connectivity index (χ1v) is 8.85. The number of ether oxygens (including phenoxy) is 1. The molecule has 2 rings (SSSR count). The van der Waals surface area contributed by atoms with Crippen molar-refractivity contribution >= 4 is 11.8 Å². The lowest BCUT2D eigenvalue weighted by molar-refractivity contribution is -0.131. The molecule has 2 aromatic rings. The Hall–Kier alpha value is -2.82. The normalized spacial score (nSPS) is 10.3. The number of benzene rings is 2. The minimum absolute atomic E-state index is 0.0534. The van der Waals surface area contributed by atoms with Gasteiger partial charge in [-0.25, -0.2) is 0 Å². The van der Waals surface area contributed by atoms with Gasteiger partial charge in [-0.3, -0.25) is 9.59 Å². The van der Waals surface area contributed by atoms with Crippen LogP contribution in [0.3, 0.4) is 0 Å². The molecule has 0 saturated carbocycles. The van der Waals surface area contributed by atoms with E-state index in [-0.39, 0.29) is 18.4 Å². The lowest BCUT2D eigenvalue weighted by atomic mass is 10.2. The van der Waals surface area contributed by atoms with Crippen molar-refractivity contribution in [3.05, 3.63) is 65.7 Å². The topological polar surface area (TPSA) is 49.9 Å². The van der Waals surface area contributed by atoms with Crippen LogP contribution in [0.4, 0.5) is 0 Å². The van der Waals surface area contributed by atoms with Gasteiger partial charge in [0.25, 0.3) is 5.91 Å². The van der Waals surface area contributed by atoms with E-state index in [0.717, 1.165) is 5.56 Å². The highest BCUT2D eigenvalue weighted by Crippen LogP contribution is 2.16. The van der Waals surface area contributed by atoms with Gasteiger partial charge in [-0.1, -0.05) is 36.4 Å². The van der Waals surface area contributed by atoms with Gasteiger partial charge in [-0.05, 0) is 37.6 Å². The fourth-order valence-corrected chi connectivity index (χ4v) is 2.63. The molecule has 2 aromatic carbocycles. The Balaban J connectivity index is 1.99. The van der Waals surface area contributed by atoms with Crippen LogP contribution >= 0.6 is 0 Å². The molecule has 0 spiro atoms. The Bertz CT molecular complexity index is 727. The largest absolute Gasteiger partial charge is 0.489 e. The minimum atomic E-state index is -0.198. The monoisotopic (exact) mass is 354 g/mol. The van der Waals surface area contributed by atoms with Crippen molar-refractivity contribution < 1.29 is 14.3 Å². The predicted molar refractivity (Wildman–Crippen MR) is 102 cm³/mol. The van der Waals surface area contributed by atoms with Gasteiger partial charge < -0.3 is 14.5 Å².